The predicted octanol–water partition coefficient (Wildman–Crippen LogP) is 3.02. The number of nitrogens with zero attached hydrogens (tertiary/aromatic N) is 3. The molecule has 124 valence electrons. The van der Waals surface area contributed by atoms with E-state index in [1.54, 1.807) is 16.7 Å². The predicted molar refractivity (Wildman–Crippen MR) is 89.6 cm³/mol. The Bertz CT molecular complexity index is 691. The van der Waals surface area contributed by atoms with Crippen molar-refractivity contribution in [3.8, 4) is 11.4 Å². The van der Waals surface area contributed by atoms with Gasteiger partial charge in [-0.1, -0.05) is 11.8 Å². The van der Waals surface area contributed by atoms with Crippen molar-refractivity contribution < 1.29 is 9.18 Å². The Morgan fingerprint density at radius 3 is 2.43 bits per heavy atom. The lowest BCUT2D eigenvalue weighted by molar-refractivity contribution is -0.121. The van der Waals surface area contributed by atoms with Crippen molar-refractivity contribution in [2.75, 3.05) is 0 Å². The van der Waals surface area contributed by atoms with Gasteiger partial charge in [-0.3, -0.25) is 4.79 Å². The number of hydrogen-bond acceptors (Lipinski definition) is 4. The average Bonchev–Trinajstić information content (AvgIpc) is 2.79. The first-order chi connectivity index (χ1) is 10.7. The number of aromatic nitrogens is 3. The van der Waals surface area contributed by atoms with Crippen molar-refractivity contribution in [3.63, 3.8) is 0 Å². The number of nitrogens with one attached hydrogen (secondary N) is 1. The van der Waals surface area contributed by atoms with E-state index in [9.17, 15) is 9.18 Å². The third-order valence-electron chi connectivity index (χ3n) is 3.09. The zero-order chi connectivity index (χ0) is 17.2. The number of carbonyl (C=O) groups is 1. The molecule has 1 aromatic heterocycles. The van der Waals surface area contributed by atoms with Crippen LogP contribution < -0.4 is 5.32 Å². The van der Waals surface area contributed by atoms with Crippen LogP contribution in [-0.2, 0) is 11.8 Å². The van der Waals surface area contributed by atoms with Crippen LogP contribution in [0.1, 0.15) is 27.7 Å². The molecular formula is C16H21FN4OS. The summed E-state index contributed by atoms with van der Waals surface area (Å²) in [4.78, 5) is 12.2. The Morgan fingerprint density at radius 1 is 1.26 bits per heavy atom. The molecule has 1 amide bonds. The number of amides is 1. The van der Waals surface area contributed by atoms with E-state index < -0.39 is 0 Å². The van der Waals surface area contributed by atoms with Gasteiger partial charge in [0, 0.05) is 18.2 Å². The number of rotatable bonds is 4. The first-order valence-electron chi connectivity index (χ1n) is 7.31. The zero-order valence-corrected chi connectivity index (χ0v) is 14.7. The van der Waals surface area contributed by atoms with Gasteiger partial charge in [0.1, 0.15) is 5.82 Å². The van der Waals surface area contributed by atoms with Crippen LogP contribution in [0.4, 0.5) is 4.39 Å². The molecule has 7 heteroatoms. The highest BCUT2D eigenvalue weighted by Crippen LogP contribution is 2.26. The molecule has 0 saturated carbocycles. The second-order valence-corrected chi connectivity index (χ2v) is 7.68. The van der Waals surface area contributed by atoms with E-state index >= 15 is 0 Å². The molecule has 0 fully saturated rings. The molecule has 0 aliphatic heterocycles. The Labute approximate surface area is 139 Å². The summed E-state index contributed by atoms with van der Waals surface area (Å²) >= 11 is 1.34. The summed E-state index contributed by atoms with van der Waals surface area (Å²) in [6, 6.07) is 6.08. The zero-order valence-electron chi connectivity index (χ0n) is 13.9. The molecule has 0 radical (unpaired) electrons. The van der Waals surface area contributed by atoms with Crippen molar-refractivity contribution in [3.05, 3.63) is 30.1 Å². The highest BCUT2D eigenvalue weighted by Gasteiger charge is 2.22. The lowest BCUT2D eigenvalue weighted by Gasteiger charge is -2.22. The minimum Gasteiger partial charge on any atom is -0.351 e. The van der Waals surface area contributed by atoms with Gasteiger partial charge in [-0.15, -0.1) is 10.2 Å². The fraction of sp³-hybridized carbons (Fsp3) is 0.438. The molecule has 5 nitrogen and oxygen atoms in total. The van der Waals surface area contributed by atoms with Gasteiger partial charge in [0.25, 0.3) is 0 Å². The van der Waals surface area contributed by atoms with Crippen LogP contribution in [0.5, 0.6) is 0 Å². The number of benzene rings is 1. The first-order valence-corrected chi connectivity index (χ1v) is 8.19. The second-order valence-electron chi connectivity index (χ2n) is 6.37. The van der Waals surface area contributed by atoms with E-state index in [0.717, 1.165) is 5.56 Å². The summed E-state index contributed by atoms with van der Waals surface area (Å²) in [5.74, 6) is 0.294. The topological polar surface area (TPSA) is 59.8 Å². The van der Waals surface area contributed by atoms with Gasteiger partial charge in [0.15, 0.2) is 11.0 Å². The molecule has 2 aromatic rings. The van der Waals surface area contributed by atoms with Crippen LogP contribution in [0.3, 0.4) is 0 Å². The summed E-state index contributed by atoms with van der Waals surface area (Å²) in [5.41, 5.74) is 0.505. The third kappa shape index (κ3) is 4.54. The first kappa shape index (κ1) is 17.5. The maximum atomic E-state index is 13.0. The van der Waals surface area contributed by atoms with Gasteiger partial charge in [-0.25, -0.2) is 4.39 Å². The average molecular weight is 336 g/mol. The van der Waals surface area contributed by atoms with Crippen molar-refractivity contribution in [1.29, 1.82) is 0 Å². The molecule has 0 bridgehead atoms. The van der Waals surface area contributed by atoms with Crippen molar-refractivity contribution >= 4 is 17.7 Å². The van der Waals surface area contributed by atoms with Crippen molar-refractivity contribution in [1.82, 2.24) is 20.1 Å². The molecule has 0 saturated heterocycles. The van der Waals surface area contributed by atoms with Crippen molar-refractivity contribution in [2.24, 2.45) is 7.05 Å². The molecule has 1 aromatic carbocycles. The van der Waals surface area contributed by atoms with Gasteiger partial charge >= 0.3 is 0 Å². The Hall–Kier alpha value is -1.89. The standard InChI is InChI=1S/C16H21FN4OS/c1-10(14(22)18-16(2,3)4)23-15-20-19-13(21(15)5)11-6-8-12(17)9-7-11/h6-10H,1-5H3,(H,18,22). The monoisotopic (exact) mass is 336 g/mol. The summed E-state index contributed by atoms with van der Waals surface area (Å²) in [6.45, 7) is 7.66. The highest BCUT2D eigenvalue weighted by atomic mass is 32.2. The van der Waals surface area contributed by atoms with E-state index in [1.807, 2.05) is 34.7 Å². The molecule has 0 aliphatic rings. The number of thioether (sulfide) groups is 1. The molecular weight excluding hydrogens is 315 g/mol. The van der Waals surface area contributed by atoms with E-state index in [1.165, 1.54) is 23.9 Å². The molecule has 0 aliphatic carbocycles. The van der Waals surface area contributed by atoms with E-state index in [2.05, 4.69) is 15.5 Å². The Balaban J connectivity index is 2.13. The largest absolute Gasteiger partial charge is 0.351 e. The molecule has 1 unspecified atom stereocenters. The summed E-state index contributed by atoms with van der Waals surface area (Å²) < 4.78 is 14.8. The number of halogens is 1. The molecule has 23 heavy (non-hydrogen) atoms. The second kappa shape index (κ2) is 6.70. The van der Waals surface area contributed by atoms with Crippen LogP contribution in [0.25, 0.3) is 11.4 Å². The van der Waals surface area contributed by atoms with E-state index in [4.69, 9.17) is 0 Å². The highest BCUT2D eigenvalue weighted by molar-refractivity contribution is 8.00. The summed E-state index contributed by atoms with van der Waals surface area (Å²) in [7, 11) is 1.83. The lowest BCUT2D eigenvalue weighted by atomic mass is 10.1. The lowest BCUT2D eigenvalue weighted by Crippen LogP contribution is -2.44. The van der Waals surface area contributed by atoms with Crippen LogP contribution in [0.2, 0.25) is 0 Å². The van der Waals surface area contributed by atoms with Gasteiger partial charge in [0.05, 0.1) is 5.25 Å². The minimum absolute atomic E-state index is 0.0474. The van der Waals surface area contributed by atoms with E-state index in [-0.39, 0.29) is 22.5 Å². The fourth-order valence-corrected chi connectivity index (χ4v) is 2.77. The molecule has 2 rings (SSSR count). The summed E-state index contributed by atoms with van der Waals surface area (Å²) in [6.07, 6.45) is 0. The van der Waals surface area contributed by atoms with Crippen LogP contribution in [-0.4, -0.2) is 31.5 Å². The van der Waals surface area contributed by atoms with Gasteiger partial charge < -0.3 is 9.88 Å². The van der Waals surface area contributed by atoms with E-state index in [0.29, 0.717) is 11.0 Å². The molecule has 1 heterocycles. The minimum atomic E-state index is -0.294. The molecule has 0 spiro atoms. The number of hydrogen-bond donors (Lipinski definition) is 1. The maximum Gasteiger partial charge on any atom is 0.233 e. The Kier molecular flexibility index (Phi) is 5.09. The quantitative estimate of drug-likeness (QED) is 0.872. The fourth-order valence-electron chi connectivity index (χ4n) is 1.95. The Morgan fingerprint density at radius 2 is 1.87 bits per heavy atom. The van der Waals surface area contributed by atoms with Crippen LogP contribution >= 0.6 is 11.8 Å². The van der Waals surface area contributed by atoms with Crippen LogP contribution in [0, 0.1) is 5.82 Å². The SMILES string of the molecule is CC(Sc1nnc(-c2ccc(F)cc2)n1C)C(=O)NC(C)(C)C. The third-order valence-corrected chi connectivity index (χ3v) is 4.22. The summed E-state index contributed by atoms with van der Waals surface area (Å²) in [5, 5.41) is 11.6. The number of carbonyl (C=O) groups excluding carboxylic acids is 1. The smallest absolute Gasteiger partial charge is 0.233 e. The van der Waals surface area contributed by atoms with Crippen molar-refractivity contribution in [2.45, 2.75) is 43.6 Å². The maximum absolute atomic E-state index is 13.0. The normalized spacial score (nSPS) is 13.0. The molecule has 1 atom stereocenters. The molecule has 1 N–H and O–H groups in total. The van der Waals surface area contributed by atoms with Gasteiger partial charge in [-0.05, 0) is 52.0 Å². The van der Waals surface area contributed by atoms with Crippen LogP contribution in [0.15, 0.2) is 29.4 Å². The van der Waals surface area contributed by atoms with Gasteiger partial charge in [0.2, 0.25) is 5.91 Å². The van der Waals surface area contributed by atoms with Gasteiger partial charge in [-0.2, -0.15) is 0 Å².